The van der Waals surface area contributed by atoms with Gasteiger partial charge in [0, 0.05) is 30.7 Å². The minimum atomic E-state index is -1.03. The molecule has 3 heterocycles. The lowest BCUT2D eigenvalue weighted by atomic mass is 9.92. The first-order chi connectivity index (χ1) is 19.4. The highest BCUT2D eigenvalue weighted by atomic mass is 19.2. The molecule has 8 nitrogen and oxygen atoms in total. The first-order valence-corrected chi connectivity index (χ1v) is 13.8. The Morgan fingerprint density at radius 1 is 1.02 bits per heavy atom. The summed E-state index contributed by atoms with van der Waals surface area (Å²) in [6.45, 7) is 6.69. The highest BCUT2D eigenvalue weighted by Crippen LogP contribution is 2.41. The Morgan fingerprint density at radius 3 is 2.52 bits per heavy atom. The van der Waals surface area contributed by atoms with Crippen LogP contribution in [-0.2, 0) is 9.47 Å². The summed E-state index contributed by atoms with van der Waals surface area (Å²) in [5.41, 5.74) is 4.63. The minimum absolute atomic E-state index is 0.145. The van der Waals surface area contributed by atoms with Gasteiger partial charge in [0.05, 0.1) is 35.1 Å². The molecule has 1 atom stereocenters. The van der Waals surface area contributed by atoms with E-state index in [1.165, 1.54) is 11.0 Å². The molecule has 1 unspecified atom stereocenters. The molecule has 1 aliphatic heterocycles. The summed E-state index contributed by atoms with van der Waals surface area (Å²) in [4.78, 5) is 19.6. The van der Waals surface area contributed by atoms with Crippen molar-refractivity contribution in [1.82, 2.24) is 14.7 Å². The Kier molecular flexibility index (Phi) is 7.04. The third-order valence-electron chi connectivity index (χ3n) is 8.05. The molecule has 1 saturated carbocycles. The average molecular weight is 551 g/mol. The molecule has 2 fully saturated rings. The number of carbonyl (C=O) groups is 1. The fourth-order valence-corrected chi connectivity index (χ4v) is 6.24. The molecule has 6 rings (SSSR count). The minimum Gasteiger partial charge on any atom is -0.449 e. The number of aromatic nitrogens is 3. The number of nitrogens with zero attached hydrogens (tertiary/aromatic N) is 4. The second-order valence-electron chi connectivity index (χ2n) is 10.5. The molecular weight excluding hydrogens is 518 g/mol. The molecule has 210 valence electrons. The Bertz CT molecular complexity index is 1540. The van der Waals surface area contributed by atoms with Crippen molar-refractivity contribution in [1.29, 1.82) is 0 Å². The van der Waals surface area contributed by atoms with Crippen LogP contribution in [0.2, 0.25) is 0 Å². The molecule has 0 bridgehead atoms. The molecule has 2 aromatic carbocycles. The predicted octanol–water partition coefficient (Wildman–Crippen LogP) is 7.19. The van der Waals surface area contributed by atoms with Crippen LogP contribution in [0.1, 0.15) is 68.4 Å². The summed E-state index contributed by atoms with van der Waals surface area (Å²) in [5, 5.41) is 4.10. The molecule has 0 radical (unpaired) electrons. The molecule has 1 aliphatic carbocycles. The van der Waals surface area contributed by atoms with Crippen LogP contribution >= 0.6 is 0 Å². The zero-order valence-electron chi connectivity index (χ0n) is 22.8. The van der Waals surface area contributed by atoms with Crippen molar-refractivity contribution in [2.24, 2.45) is 0 Å². The van der Waals surface area contributed by atoms with Crippen molar-refractivity contribution in [3.63, 3.8) is 0 Å². The molecular formula is C30H32F2N4O4. The van der Waals surface area contributed by atoms with Crippen molar-refractivity contribution in [3.8, 4) is 11.1 Å². The number of amides is 1. The summed E-state index contributed by atoms with van der Waals surface area (Å²) in [6.07, 6.45) is 3.72. The molecule has 1 saturated heterocycles. The molecule has 0 spiro atoms. The van der Waals surface area contributed by atoms with E-state index in [9.17, 15) is 13.6 Å². The summed E-state index contributed by atoms with van der Waals surface area (Å²) in [6, 6.07) is 9.21. The Hall–Kier alpha value is -3.79. The van der Waals surface area contributed by atoms with E-state index in [0.717, 1.165) is 71.4 Å². The number of benzene rings is 2. The number of cyclic esters (lactones) is 1. The van der Waals surface area contributed by atoms with E-state index < -0.39 is 23.8 Å². The van der Waals surface area contributed by atoms with E-state index in [1.807, 2.05) is 32.9 Å². The third-order valence-corrected chi connectivity index (χ3v) is 8.05. The summed E-state index contributed by atoms with van der Waals surface area (Å²) >= 11 is 0. The van der Waals surface area contributed by atoms with Crippen LogP contribution < -0.4 is 4.90 Å². The number of aryl methyl sites for hydroxylation is 2. The zero-order chi connectivity index (χ0) is 28.0. The highest BCUT2D eigenvalue weighted by Gasteiger charge is 2.38. The van der Waals surface area contributed by atoms with E-state index >= 15 is 0 Å². The fraction of sp³-hybridized carbons (Fsp3) is 0.433. The molecule has 4 aromatic rings. The molecule has 2 aliphatic rings. The maximum absolute atomic E-state index is 14.3. The lowest BCUT2D eigenvalue weighted by Crippen LogP contribution is -2.42. The smallest absolute Gasteiger partial charge is 0.414 e. The highest BCUT2D eigenvalue weighted by molar-refractivity contribution is 5.90. The maximum Gasteiger partial charge on any atom is 0.414 e. The Morgan fingerprint density at radius 2 is 1.82 bits per heavy atom. The number of carbonyl (C=O) groups excluding carboxylic acids is 1. The van der Waals surface area contributed by atoms with Gasteiger partial charge in [-0.05, 0) is 76.3 Å². The van der Waals surface area contributed by atoms with E-state index in [-0.39, 0.29) is 24.4 Å². The normalized spacial score (nSPS) is 21.7. The largest absolute Gasteiger partial charge is 0.449 e. The monoisotopic (exact) mass is 550 g/mol. The van der Waals surface area contributed by atoms with Crippen LogP contribution in [0.15, 0.2) is 40.9 Å². The van der Waals surface area contributed by atoms with E-state index in [0.29, 0.717) is 18.9 Å². The van der Waals surface area contributed by atoms with E-state index in [4.69, 9.17) is 19.0 Å². The zero-order valence-corrected chi connectivity index (χ0v) is 22.8. The van der Waals surface area contributed by atoms with Gasteiger partial charge >= 0.3 is 6.09 Å². The molecule has 0 N–H and O–H groups in total. The fourth-order valence-electron chi connectivity index (χ4n) is 6.24. The standard InChI is InChI=1S/C30H32F2N4O4/c1-4-38-22-9-6-20(7-10-22)35-26-12-5-19(28-17(2)34-40-18(28)3)15-25(26)33-29(35)27-13-14-39-30(37)36(27)21-8-11-23(31)24(32)16-21/h5,8,11-12,15-16,20,22,27H,4,6-7,9-10,13-14H2,1-3H3/t20-,22-,27?. The van der Waals surface area contributed by atoms with Crippen LogP contribution in [0.25, 0.3) is 22.2 Å². The van der Waals surface area contributed by atoms with Gasteiger partial charge in [-0.15, -0.1) is 0 Å². The lowest BCUT2D eigenvalue weighted by molar-refractivity contribution is 0.0270. The SMILES string of the molecule is CCO[C@H]1CC[C@H](n2c(C3CCOC(=O)N3c3ccc(F)c(F)c3)nc3cc(-c4c(C)noc4C)ccc32)CC1. The van der Waals surface area contributed by atoms with Gasteiger partial charge < -0.3 is 18.6 Å². The second-order valence-corrected chi connectivity index (χ2v) is 10.5. The summed E-state index contributed by atoms with van der Waals surface area (Å²) in [7, 11) is 0. The Balaban J connectivity index is 1.48. The van der Waals surface area contributed by atoms with Crippen LogP contribution in [0.4, 0.5) is 19.3 Å². The Labute approximate surface area is 230 Å². The van der Waals surface area contributed by atoms with Gasteiger partial charge in [-0.25, -0.2) is 18.6 Å². The van der Waals surface area contributed by atoms with Crippen molar-refractivity contribution in [3.05, 3.63) is 65.3 Å². The molecule has 10 heteroatoms. The first kappa shape index (κ1) is 26.4. The topological polar surface area (TPSA) is 82.6 Å². The quantitative estimate of drug-likeness (QED) is 0.253. The molecule has 40 heavy (non-hydrogen) atoms. The van der Waals surface area contributed by atoms with Crippen molar-refractivity contribution < 1.29 is 27.6 Å². The summed E-state index contributed by atoms with van der Waals surface area (Å²) in [5.74, 6) is -0.574. The second kappa shape index (κ2) is 10.6. The number of fused-ring (bicyclic) bond motifs is 1. The van der Waals surface area contributed by atoms with Crippen molar-refractivity contribution in [2.45, 2.75) is 71.1 Å². The molecule has 1 amide bonds. The maximum atomic E-state index is 14.3. The first-order valence-electron chi connectivity index (χ1n) is 13.8. The van der Waals surface area contributed by atoms with Crippen molar-refractivity contribution in [2.75, 3.05) is 18.1 Å². The van der Waals surface area contributed by atoms with Crippen molar-refractivity contribution >= 4 is 22.8 Å². The van der Waals surface area contributed by atoms with Gasteiger partial charge in [0.15, 0.2) is 11.6 Å². The average Bonchev–Trinajstić information content (AvgIpc) is 3.49. The number of rotatable bonds is 6. The van der Waals surface area contributed by atoms with Gasteiger partial charge in [0.1, 0.15) is 17.6 Å². The van der Waals surface area contributed by atoms with Crippen LogP contribution in [-0.4, -0.2) is 40.1 Å². The van der Waals surface area contributed by atoms with Gasteiger partial charge in [0.2, 0.25) is 0 Å². The summed E-state index contributed by atoms with van der Waals surface area (Å²) < 4.78 is 47.0. The third kappa shape index (κ3) is 4.64. The van der Waals surface area contributed by atoms with E-state index in [2.05, 4.69) is 15.8 Å². The van der Waals surface area contributed by atoms with Gasteiger partial charge in [-0.3, -0.25) is 4.90 Å². The number of hydrogen-bond donors (Lipinski definition) is 0. The number of imidazole rings is 1. The van der Waals surface area contributed by atoms with Crippen LogP contribution in [0.3, 0.4) is 0 Å². The van der Waals surface area contributed by atoms with Crippen LogP contribution in [0.5, 0.6) is 0 Å². The number of hydrogen-bond acceptors (Lipinski definition) is 6. The van der Waals surface area contributed by atoms with E-state index in [1.54, 1.807) is 0 Å². The molecule has 2 aromatic heterocycles. The predicted molar refractivity (Wildman–Crippen MR) is 145 cm³/mol. The lowest BCUT2D eigenvalue weighted by Gasteiger charge is -2.37. The van der Waals surface area contributed by atoms with Gasteiger partial charge in [-0.1, -0.05) is 11.2 Å². The number of anilines is 1. The van der Waals surface area contributed by atoms with Crippen LogP contribution in [0, 0.1) is 25.5 Å². The number of ether oxygens (including phenoxy) is 2. The van der Waals surface area contributed by atoms with Gasteiger partial charge in [-0.2, -0.15) is 0 Å². The van der Waals surface area contributed by atoms with Gasteiger partial charge in [0.25, 0.3) is 0 Å². The number of halogens is 2.